The molecule has 5 atom stereocenters. The fourth-order valence-electron chi connectivity index (χ4n) is 7.21. The zero-order valence-corrected chi connectivity index (χ0v) is 14.8. The Bertz CT molecular complexity index is 641. The van der Waals surface area contributed by atoms with E-state index < -0.39 is 5.97 Å². The first-order valence-corrected chi connectivity index (χ1v) is 9.37. The van der Waals surface area contributed by atoms with E-state index in [-0.39, 0.29) is 10.8 Å². The number of nitrogens with zero attached hydrogens (tertiary/aromatic N) is 1. The molecule has 1 spiro atoms. The first-order valence-electron chi connectivity index (χ1n) is 9.37. The number of aliphatic carboxylic acids is 1. The Morgan fingerprint density at radius 2 is 1.96 bits per heavy atom. The molecule has 0 aromatic rings. The van der Waals surface area contributed by atoms with Crippen LogP contribution >= 0.6 is 0 Å². The van der Waals surface area contributed by atoms with Crippen molar-refractivity contribution in [3.63, 3.8) is 0 Å². The Labute approximate surface area is 143 Å². The van der Waals surface area contributed by atoms with Crippen LogP contribution in [0.5, 0.6) is 0 Å². The number of carbonyl (C=O) groups is 1. The molecule has 4 aliphatic carbocycles. The lowest BCUT2D eigenvalue weighted by atomic mass is 9.45. The molecule has 3 fully saturated rings. The number of hydrogen-bond donors (Lipinski definition) is 3. The van der Waals surface area contributed by atoms with Crippen molar-refractivity contribution in [2.24, 2.45) is 39.3 Å². The Balaban J connectivity index is 1.83. The van der Waals surface area contributed by atoms with Crippen molar-refractivity contribution in [2.45, 2.75) is 51.9 Å². The van der Waals surface area contributed by atoms with E-state index in [9.17, 15) is 9.90 Å². The maximum absolute atomic E-state index is 11.9. The van der Waals surface area contributed by atoms with Crippen LogP contribution in [0.1, 0.15) is 51.9 Å². The van der Waals surface area contributed by atoms with E-state index in [2.05, 4.69) is 17.2 Å². The van der Waals surface area contributed by atoms with E-state index in [4.69, 9.17) is 5.73 Å². The van der Waals surface area contributed by atoms with Gasteiger partial charge in [-0.1, -0.05) is 18.9 Å². The van der Waals surface area contributed by atoms with Gasteiger partial charge in [-0.25, -0.2) is 4.79 Å². The van der Waals surface area contributed by atoms with Crippen LogP contribution in [-0.4, -0.2) is 30.6 Å². The van der Waals surface area contributed by atoms with Crippen molar-refractivity contribution in [1.82, 2.24) is 5.32 Å². The number of hydrogen-bond acceptors (Lipinski definition) is 2. The Kier molecular flexibility index (Phi) is 3.49. The summed E-state index contributed by atoms with van der Waals surface area (Å²) in [4.78, 5) is 16.0. The van der Waals surface area contributed by atoms with Gasteiger partial charge >= 0.3 is 5.97 Å². The number of nitrogens with two attached hydrogens (primary N) is 1. The summed E-state index contributed by atoms with van der Waals surface area (Å²) < 4.78 is 0. The van der Waals surface area contributed by atoms with Crippen LogP contribution < -0.4 is 11.1 Å². The van der Waals surface area contributed by atoms with Gasteiger partial charge in [0.15, 0.2) is 5.96 Å². The molecule has 0 aromatic heterocycles. The maximum Gasteiger partial charge on any atom is 0.331 e. The van der Waals surface area contributed by atoms with Gasteiger partial charge in [-0.2, -0.15) is 0 Å². The second-order valence-electron chi connectivity index (χ2n) is 8.52. The molecule has 0 unspecified atom stereocenters. The lowest BCUT2D eigenvalue weighted by Crippen LogP contribution is -2.58. The zero-order chi connectivity index (χ0) is 17.1. The molecular weight excluding hydrogens is 302 g/mol. The van der Waals surface area contributed by atoms with Gasteiger partial charge in [0.2, 0.25) is 0 Å². The standard InChI is InChI=1S/C19H29N3O2/c1-18(10-22-17(20)21-2)12-7-6-11-4-3-5-13-8-14(16(23)24)15(9-12)19(11,13)18/h11-13H,3-10H2,1-2H3,(H,23,24)(H3,20,21,22)/t11-,12-,13+,18-,19-/m1/s1. The minimum atomic E-state index is -0.676. The molecule has 3 saturated carbocycles. The second kappa shape index (κ2) is 5.24. The number of carboxylic acid groups (broad SMARTS) is 1. The highest BCUT2D eigenvalue weighted by atomic mass is 16.4. The van der Waals surface area contributed by atoms with E-state index in [0.29, 0.717) is 23.7 Å². The topological polar surface area (TPSA) is 87.7 Å². The van der Waals surface area contributed by atoms with Gasteiger partial charge < -0.3 is 16.2 Å². The predicted octanol–water partition coefficient (Wildman–Crippen LogP) is 2.53. The van der Waals surface area contributed by atoms with Crippen LogP contribution in [0.4, 0.5) is 0 Å². The Morgan fingerprint density at radius 1 is 1.25 bits per heavy atom. The summed E-state index contributed by atoms with van der Waals surface area (Å²) in [5.41, 5.74) is 8.15. The van der Waals surface area contributed by atoms with Crippen molar-refractivity contribution in [3.05, 3.63) is 11.1 Å². The molecule has 132 valence electrons. The molecule has 5 heteroatoms. The molecule has 0 aromatic carbocycles. The summed E-state index contributed by atoms with van der Waals surface area (Å²) in [6.07, 6.45) is 7.94. The van der Waals surface area contributed by atoms with E-state index in [0.717, 1.165) is 25.0 Å². The van der Waals surface area contributed by atoms with Crippen LogP contribution in [-0.2, 0) is 4.79 Å². The average Bonchev–Trinajstić information content (AvgIpc) is 2.93. The molecule has 0 amide bonds. The van der Waals surface area contributed by atoms with E-state index in [1.807, 2.05) is 0 Å². The molecule has 24 heavy (non-hydrogen) atoms. The number of fused-ring (bicyclic) bond motifs is 1. The molecule has 4 rings (SSSR count). The first-order chi connectivity index (χ1) is 11.4. The van der Waals surface area contributed by atoms with Crippen LogP contribution in [0, 0.1) is 28.6 Å². The molecule has 0 saturated heterocycles. The van der Waals surface area contributed by atoms with Gasteiger partial charge in [0, 0.05) is 24.6 Å². The van der Waals surface area contributed by atoms with Crippen molar-refractivity contribution in [1.29, 1.82) is 0 Å². The maximum atomic E-state index is 11.9. The highest BCUT2D eigenvalue weighted by molar-refractivity contribution is 5.89. The summed E-state index contributed by atoms with van der Waals surface area (Å²) >= 11 is 0. The summed E-state index contributed by atoms with van der Waals surface area (Å²) in [7, 11) is 1.70. The summed E-state index contributed by atoms with van der Waals surface area (Å²) in [6.45, 7) is 3.21. The van der Waals surface area contributed by atoms with Crippen molar-refractivity contribution in [2.75, 3.05) is 13.6 Å². The summed E-state index contributed by atoms with van der Waals surface area (Å²) in [5.74, 6) is 1.54. The number of guanidine groups is 1. The third kappa shape index (κ3) is 1.76. The Hall–Kier alpha value is -1.52. The highest BCUT2D eigenvalue weighted by Crippen LogP contribution is 2.77. The third-order valence-electron chi connectivity index (χ3n) is 8.00. The average molecular weight is 331 g/mol. The van der Waals surface area contributed by atoms with Gasteiger partial charge in [0.1, 0.15) is 0 Å². The van der Waals surface area contributed by atoms with Crippen molar-refractivity contribution < 1.29 is 9.90 Å². The van der Waals surface area contributed by atoms with E-state index >= 15 is 0 Å². The second-order valence-corrected chi connectivity index (χ2v) is 8.52. The van der Waals surface area contributed by atoms with Crippen LogP contribution in [0.2, 0.25) is 0 Å². The van der Waals surface area contributed by atoms with Crippen LogP contribution in [0.25, 0.3) is 0 Å². The van der Waals surface area contributed by atoms with Gasteiger partial charge in [-0.05, 0) is 61.7 Å². The number of rotatable bonds is 3. The van der Waals surface area contributed by atoms with Crippen molar-refractivity contribution >= 4 is 11.9 Å². The van der Waals surface area contributed by atoms with Gasteiger partial charge in [-0.3, -0.25) is 4.99 Å². The molecule has 0 radical (unpaired) electrons. The largest absolute Gasteiger partial charge is 0.478 e. The molecule has 2 bridgehead atoms. The van der Waals surface area contributed by atoms with E-state index in [1.165, 1.54) is 37.7 Å². The van der Waals surface area contributed by atoms with Gasteiger partial charge in [0.05, 0.1) is 0 Å². The van der Waals surface area contributed by atoms with Crippen molar-refractivity contribution in [3.8, 4) is 0 Å². The normalized spacial score (nSPS) is 43.8. The van der Waals surface area contributed by atoms with Crippen LogP contribution in [0.3, 0.4) is 0 Å². The third-order valence-corrected chi connectivity index (χ3v) is 8.00. The summed E-state index contributed by atoms with van der Waals surface area (Å²) in [5, 5.41) is 13.2. The Morgan fingerprint density at radius 3 is 2.67 bits per heavy atom. The number of nitrogens with one attached hydrogen (secondary N) is 1. The number of aliphatic imine (C=N–C) groups is 1. The monoisotopic (exact) mass is 331 g/mol. The van der Waals surface area contributed by atoms with Gasteiger partial charge in [0.25, 0.3) is 0 Å². The number of carboxylic acids is 1. The van der Waals surface area contributed by atoms with E-state index in [1.54, 1.807) is 7.05 Å². The fourth-order valence-corrected chi connectivity index (χ4v) is 7.21. The number of allylic oxidation sites excluding steroid dienone is 1. The summed E-state index contributed by atoms with van der Waals surface area (Å²) in [6, 6.07) is 0. The van der Waals surface area contributed by atoms with Gasteiger partial charge in [-0.15, -0.1) is 0 Å². The van der Waals surface area contributed by atoms with Crippen LogP contribution in [0.15, 0.2) is 16.1 Å². The molecule has 0 aliphatic heterocycles. The molecule has 4 aliphatic rings. The minimum absolute atomic E-state index is 0.0862. The predicted molar refractivity (Wildman–Crippen MR) is 93.5 cm³/mol. The lowest BCUT2D eigenvalue weighted by molar-refractivity contribution is -0.132. The minimum Gasteiger partial charge on any atom is -0.478 e. The zero-order valence-electron chi connectivity index (χ0n) is 14.8. The molecule has 5 nitrogen and oxygen atoms in total. The molecular formula is C19H29N3O2. The molecule has 4 N–H and O–H groups in total. The fraction of sp³-hybridized carbons (Fsp3) is 0.789. The lowest BCUT2D eigenvalue weighted by Gasteiger charge is -2.59. The SMILES string of the molecule is CN=C(N)NC[C@]1(C)[C@@H]2CC[C@H]3CCC[C@H]4CC(C(=O)O)=C(C2)[C@@]341. The quantitative estimate of drug-likeness (QED) is 0.548. The highest BCUT2D eigenvalue weighted by Gasteiger charge is 2.71. The first kappa shape index (κ1) is 16.0. The molecule has 0 heterocycles. The smallest absolute Gasteiger partial charge is 0.331 e.